The van der Waals surface area contributed by atoms with Gasteiger partial charge in [0.25, 0.3) is 5.91 Å². The van der Waals surface area contributed by atoms with Gasteiger partial charge in [-0.2, -0.15) is 0 Å². The molecule has 1 aliphatic rings. The fraction of sp³-hybridized carbons (Fsp3) is 0.182. The van der Waals surface area contributed by atoms with Gasteiger partial charge in [-0.15, -0.1) is 11.3 Å². The van der Waals surface area contributed by atoms with Crippen molar-refractivity contribution in [3.05, 3.63) is 74.1 Å². The monoisotopic (exact) mass is 558 g/mol. The summed E-state index contributed by atoms with van der Waals surface area (Å²) in [7, 11) is -3.62. The molecule has 184 valence electrons. The summed E-state index contributed by atoms with van der Waals surface area (Å²) < 4.78 is 43.9. The molecule has 0 radical (unpaired) electrons. The lowest BCUT2D eigenvalue weighted by atomic mass is 10.1. The van der Waals surface area contributed by atoms with Gasteiger partial charge in [-0.25, -0.2) is 17.6 Å². The minimum Gasteiger partial charge on any atom is -0.478 e. The number of nitrogens with zero attached hydrogens (tertiary/aromatic N) is 1. The Labute approximate surface area is 213 Å². The number of fused-ring (bicyclic) bond motifs is 1. The molecular weight excluding hydrogens is 542 g/mol. The normalized spacial score (nSPS) is 15.4. The van der Waals surface area contributed by atoms with Crippen molar-refractivity contribution in [3.63, 3.8) is 0 Å². The highest BCUT2D eigenvalue weighted by Crippen LogP contribution is 2.37. The molecule has 0 aliphatic carbocycles. The second-order valence-corrected chi connectivity index (χ2v) is 11.2. The smallest absolute Gasteiger partial charge is 0.346 e. The number of benzene rings is 2. The van der Waals surface area contributed by atoms with E-state index in [0.717, 1.165) is 23.5 Å². The van der Waals surface area contributed by atoms with Crippen molar-refractivity contribution < 1.29 is 32.2 Å². The van der Waals surface area contributed by atoms with E-state index in [2.05, 4.69) is 5.32 Å². The highest BCUT2D eigenvalue weighted by Gasteiger charge is 2.36. The predicted octanol–water partition coefficient (Wildman–Crippen LogP) is 4.21. The van der Waals surface area contributed by atoms with Crippen LogP contribution in [0.3, 0.4) is 0 Å². The van der Waals surface area contributed by atoms with E-state index in [1.165, 1.54) is 35.2 Å². The molecule has 35 heavy (non-hydrogen) atoms. The minimum atomic E-state index is -3.62. The molecule has 8 nitrogen and oxygen atoms in total. The van der Waals surface area contributed by atoms with E-state index in [9.17, 15) is 27.5 Å². The zero-order valence-corrected chi connectivity index (χ0v) is 20.8. The summed E-state index contributed by atoms with van der Waals surface area (Å²) in [6.07, 6.45) is -1.38. The molecule has 0 spiro atoms. The van der Waals surface area contributed by atoms with Crippen molar-refractivity contribution in [3.8, 4) is 5.75 Å². The Bertz CT molecular complexity index is 1400. The third-order valence-electron chi connectivity index (χ3n) is 5.13. The maximum Gasteiger partial charge on any atom is 0.346 e. The number of aliphatic carboxylic acids is 1. The van der Waals surface area contributed by atoms with Gasteiger partial charge < -0.3 is 9.84 Å². The number of anilines is 1. The van der Waals surface area contributed by atoms with Crippen LogP contribution in [-0.4, -0.2) is 43.9 Å². The fourth-order valence-corrected chi connectivity index (χ4v) is 5.91. The number of rotatable bonds is 7. The SMILES string of the molecule is O=C(O)C1CN(C(=O)c2scc(CNCS(=O)(=O)c3ccc(Cl)cc3)c2Cl)c2ccc(F)cc2O1. The van der Waals surface area contributed by atoms with E-state index < -0.39 is 33.6 Å². The van der Waals surface area contributed by atoms with Crippen LogP contribution in [0, 0.1) is 5.82 Å². The minimum absolute atomic E-state index is 0.0676. The van der Waals surface area contributed by atoms with E-state index in [4.69, 9.17) is 27.9 Å². The average Bonchev–Trinajstić information content (AvgIpc) is 3.17. The summed E-state index contributed by atoms with van der Waals surface area (Å²) >= 11 is 13.3. The molecule has 3 aromatic rings. The summed E-state index contributed by atoms with van der Waals surface area (Å²) in [5.74, 6) is -2.96. The average molecular weight is 559 g/mol. The van der Waals surface area contributed by atoms with Crippen LogP contribution in [0.4, 0.5) is 10.1 Å². The highest BCUT2D eigenvalue weighted by atomic mass is 35.5. The van der Waals surface area contributed by atoms with Gasteiger partial charge >= 0.3 is 5.97 Å². The van der Waals surface area contributed by atoms with Crippen molar-refractivity contribution >= 4 is 61.9 Å². The standard InChI is InChI=1S/C22H17Cl2FN2O6S2/c23-13-1-4-15(5-2-13)35(31,32)11-26-8-12-10-34-20(19(12)24)21(28)27-9-18(22(29)30)33-17-7-14(25)3-6-16(17)27/h1-7,10,18,26H,8-9,11H2,(H,29,30). The number of carbonyl (C=O) groups is 2. The first-order chi connectivity index (χ1) is 16.6. The molecule has 0 saturated carbocycles. The second-order valence-electron chi connectivity index (χ2n) is 7.52. The quantitative estimate of drug-likeness (QED) is 0.446. The Morgan fingerprint density at radius 3 is 2.60 bits per heavy atom. The van der Waals surface area contributed by atoms with Crippen LogP contribution in [0.15, 0.2) is 52.7 Å². The van der Waals surface area contributed by atoms with Gasteiger partial charge in [-0.05, 0) is 47.3 Å². The number of ether oxygens (including phenoxy) is 1. The molecule has 1 atom stereocenters. The van der Waals surface area contributed by atoms with Crippen LogP contribution in [0.2, 0.25) is 10.0 Å². The van der Waals surface area contributed by atoms with Gasteiger partial charge in [0, 0.05) is 17.6 Å². The highest BCUT2D eigenvalue weighted by molar-refractivity contribution is 7.91. The first-order valence-electron chi connectivity index (χ1n) is 10.0. The molecule has 0 fully saturated rings. The zero-order chi connectivity index (χ0) is 25.3. The van der Waals surface area contributed by atoms with E-state index >= 15 is 0 Å². The van der Waals surface area contributed by atoms with Crippen molar-refractivity contribution in [2.45, 2.75) is 17.5 Å². The zero-order valence-electron chi connectivity index (χ0n) is 17.7. The van der Waals surface area contributed by atoms with E-state index in [0.29, 0.717) is 10.6 Å². The number of carboxylic acid groups (broad SMARTS) is 1. The lowest BCUT2D eigenvalue weighted by molar-refractivity contribution is -0.144. The number of sulfone groups is 1. The van der Waals surface area contributed by atoms with Gasteiger partial charge in [0.05, 0.1) is 22.2 Å². The molecule has 0 saturated heterocycles. The van der Waals surface area contributed by atoms with Crippen molar-refractivity contribution in [2.75, 3.05) is 17.3 Å². The Morgan fingerprint density at radius 2 is 1.91 bits per heavy atom. The molecule has 1 aromatic heterocycles. The summed E-state index contributed by atoms with van der Waals surface area (Å²) in [4.78, 5) is 26.2. The van der Waals surface area contributed by atoms with E-state index in [-0.39, 0.29) is 45.2 Å². The number of carboxylic acids is 1. The van der Waals surface area contributed by atoms with Crippen LogP contribution in [0.25, 0.3) is 0 Å². The van der Waals surface area contributed by atoms with Crippen LogP contribution < -0.4 is 15.0 Å². The maximum absolute atomic E-state index is 13.7. The number of nitrogens with one attached hydrogen (secondary N) is 1. The van der Waals surface area contributed by atoms with Crippen LogP contribution >= 0.6 is 34.5 Å². The Hall–Kier alpha value is -2.70. The van der Waals surface area contributed by atoms with E-state index in [1.54, 1.807) is 5.38 Å². The molecular formula is C22H17Cl2FN2O6S2. The molecule has 4 rings (SSSR count). The first kappa shape index (κ1) is 25.4. The van der Waals surface area contributed by atoms with Crippen molar-refractivity contribution in [1.82, 2.24) is 5.32 Å². The van der Waals surface area contributed by atoms with Gasteiger partial charge in [-0.3, -0.25) is 15.0 Å². The van der Waals surface area contributed by atoms with Gasteiger partial charge in [-0.1, -0.05) is 23.2 Å². The largest absolute Gasteiger partial charge is 0.478 e. The Kier molecular flexibility index (Phi) is 7.34. The van der Waals surface area contributed by atoms with Crippen LogP contribution in [0.1, 0.15) is 15.2 Å². The van der Waals surface area contributed by atoms with Crippen LogP contribution in [0.5, 0.6) is 5.75 Å². The number of halogens is 3. The molecule has 13 heteroatoms. The molecule has 2 heterocycles. The second kappa shape index (κ2) is 10.1. The molecule has 0 bridgehead atoms. The van der Waals surface area contributed by atoms with Gasteiger partial charge in [0.2, 0.25) is 6.10 Å². The molecule has 2 N–H and O–H groups in total. The predicted molar refractivity (Wildman–Crippen MR) is 130 cm³/mol. The molecule has 2 aromatic carbocycles. The number of amides is 1. The first-order valence-corrected chi connectivity index (χ1v) is 13.3. The van der Waals surface area contributed by atoms with Gasteiger partial charge in [0.1, 0.15) is 22.3 Å². The maximum atomic E-state index is 13.7. The Balaban J connectivity index is 1.50. The topological polar surface area (TPSA) is 113 Å². The summed E-state index contributed by atoms with van der Waals surface area (Å²) in [6, 6.07) is 9.25. The number of thiophene rings is 1. The van der Waals surface area contributed by atoms with Gasteiger partial charge in [0.15, 0.2) is 9.84 Å². The van der Waals surface area contributed by atoms with E-state index in [1.807, 2.05) is 0 Å². The van der Waals surface area contributed by atoms with Crippen molar-refractivity contribution in [1.29, 1.82) is 0 Å². The molecule has 1 aliphatic heterocycles. The summed E-state index contributed by atoms with van der Waals surface area (Å²) in [5.41, 5.74) is 0.709. The number of hydrogen-bond donors (Lipinski definition) is 2. The fourth-order valence-electron chi connectivity index (χ4n) is 3.39. The number of carbonyl (C=O) groups excluding carboxylic acids is 1. The Morgan fingerprint density at radius 1 is 1.20 bits per heavy atom. The number of hydrogen-bond acceptors (Lipinski definition) is 7. The molecule has 1 amide bonds. The summed E-state index contributed by atoms with van der Waals surface area (Å²) in [5, 5.41) is 14.3. The third kappa shape index (κ3) is 5.44. The van der Waals surface area contributed by atoms with Crippen LogP contribution in [-0.2, 0) is 21.2 Å². The van der Waals surface area contributed by atoms with Crippen molar-refractivity contribution in [2.24, 2.45) is 0 Å². The lowest BCUT2D eigenvalue weighted by Gasteiger charge is -2.32. The summed E-state index contributed by atoms with van der Waals surface area (Å²) in [6.45, 7) is -0.230. The lowest BCUT2D eigenvalue weighted by Crippen LogP contribution is -2.47. The third-order valence-corrected chi connectivity index (χ3v) is 8.51. The molecule has 1 unspecified atom stereocenters.